The summed E-state index contributed by atoms with van der Waals surface area (Å²) in [6.45, 7) is 24.9. The Morgan fingerprint density at radius 2 is 1.91 bits per heavy atom. The minimum absolute atomic E-state index is 0.00154. The first-order valence-corrected chi connectivity index (χ1v) is 16.2. The zero-order valence-electron chi connectivity index (χ0n) is 27.5. The molecule has 1 aromatic carbocycles. The Morgan fingerprint density at radius 3 is 2.49 bits per heavy atom. The van der Waals surface area contributed by atoms with E-state index in [1.165, 1.54) is 28.1 Å². The van der Waals surface area contributed by atoms with Crippen LogP contribution in [0.5, 0.6) is 0 Å². The molecule has 3 unspecified atom stereocenters. The fraction of sp³-hybridized carbons (Fsp3) is 0.400. The van der Waals surface area contributed by atoms with Gasteiger partial charge in [-0.25, -0.2) is 0 Å². The lowest BCUT2D eigenvalue weighted by molar-refractivity contribution is 0.238. The van der Waals surface area contributed by atoms with E-state index in [0.717, 1.165) is 65.9 Å². The number of hydrogen-bond donors (Lipinski definition) is 0. The third-order valence-electron chi connectivity index (χ3n) is 8.85. The number of benzene rings is 1. The second-order valence-corrected chi connectivity index (χ2v) is 11.8. The largest absolute Gasteiger partial charge is 0.494 e. The van der Waals surface area contributed by atoms with Gasteiger partial charge in [-0.1, -0.05) is 82.0 Å². The quantitative estimate of drug-likeness (QED) is 0.149. The summed E-state index contributed by atoms with van der Waals surface area (Å²) in [4.78, 5) is 8.04. The average molecular weight is 576 g/mol. The minimum atomic E-state index is 0.00154. The lowest BCUT2D eigenvalue weighted by Gasteiger charge is -2.40. The Kier molecular flexibility index (Phi) is 11.0. The standard InChI is InChI=1S/C40H51N2O/c1-10-27(5)38(37(12-3)43-13-4)39(33-20-16-14-17-21-33)40-35(26-32-24-28(6)30(8)29(7)25-32)41-31(9)42(36(40)11-2)34-22-18-15-19-23-34/h12,14-18,20-22,24-25,28,30-31H,5,8,10-11,13,19,23,26H2,1-4,6-7,9H3/q+1/b37-12+,39-38+. The van der Waals surface area contributed by atoms with Gasteiger partial charge in [-0.3, -0.25) is 4.99 Å². The van der Waals surface area contributed by atoms with Crippen LogP contribution in [0.1, 0.15) is 86.1 Å². The van der Waals surface area contributed by atoms with Gasteiger partial charge < -0.3 is 9.64 Å². The first-order valence-electron chi connectivity index (χ1n) is 16.2. The van der Waals surface area contributed by atoms with Gasteiger partial charge in [0.15, 0.2) is 0 Å². The predicted octanol–water partition coefficient (Wildman–Crippen LogP) is 10.7. The molecule has 0 saturated heterocycles. The maximum Gasteiger partial charge on any atom is 0.123 e. The number of allylic oxidation sites excluding steroid dienone is 13. The maximum absolute atomic E-state index is 6.35. The van der Waals surface area contributed by atoms with Gasteiger partial charge in [0.2, 0.25) is 0 Å². The lowest BCUT2D eigenvalue weighted by Crippen LogP contribution is -2.37. The number of hydrogen-bond acceptors (Lipinski definition) is 3. The molecule has 2 aliphatic carbocycles. The molecule has 3 atom stereocenters. The highest BCUT2D eigenvalue weighted by atomic mass is 16.5. The van der Waals surface area contributed by atoms with Gasteiger partial charge in [0.25, 0.3) is 0 Å². The van der Waals surface area contributed by atoms with Gasteiger partial charge in [0.1, 0.15) is 17.8 Å². The highest BCUT2D eigenvalue weighted by Gasteiger charge is 2.34. The van der Waals surface area contributed by atoms with Gasteiger partial charge in [0.05, 0.1) is 19.2 Å². The summed E-state index contributed by atoms with van der Waals surface area (Å²) >= 11 is 0. The summed E-state index contributed by atoms with van der Waals surface area (Å²) in [6, 6.07) is 10.8. The van der Waals surface area contributed by atoms with E-state index in [2.05, 4.69) is 134 Å². The molecule has 4 rings (SSSR count). The molecule has 43 heavy (non-hydrogen) atoms. The van der Waals surface area contributed by atoms with Crippen molar-refractivity contribution in [3.63, 3.8) is 0 Å². The predicted molar refractivity (Wildman–Crippen MR) is 185 cm³/mol. The van der Waals surface area contributed by atoms with Crippen LogP contribution in [0.15, 0.2) is 123 Å². The number of aliphatic imine (C=N–C) groups is 1. The molecular weight excluding hydrogens is 524 g/mol. The van der Waals surface area contributed by atoms with Crippen LogP contribution in [-0.4, -0.2) is 23.4 Å². The SMILES string of the molecule is C=C(CC)C(/C(=C\C)OCC)=C(\C1=C(CC)N(C2=CC=CCC2)C(C)N=C1CC1=CC(C)C([CH2+])C(C)=C1)c1ccccc1. The van der Waals surface area contributed by atoms with Crippen molar-refractivity contribution in [2.24, 2.45) is 16.8 Å². The molecular formula is C40H51N2O+. The topological polar surface area (TPSA) is 24.8 Å². The van der Waals surface area contributed by atoms with E-state index in [1.54, 1.807) is 0 Å². The van der Waals surface area contributed by atoms with Crippen molar-refractivity contribution in [1.29, 1.82) is 0 Å². The normalized spacial score (nSPS) is 23.3. The summed E-state index contributed by atoms with van der Waals surface area (Å²) < 4.78 is 6.35. The van der Waals surface area contributed by atoms with Crippen LogP contribution >= 0.6 is 0 Å². The molecule has 0 fully saturated rings. The Bertz CT molecular complexity index is 1440. The molecule has 0 spiro atoms. The molecule has 0 bridgehead atoms. The molecule has 226 valence electrons. The van der Waals surface area contributed by atoms with E-state index >= 15 is 0 Å². The molecule has 0 amide bonds. The first kappa shape index (κ1) is 32.2. The van der Waals surface area contributed by atoms with Crippen molar-refractivity contribution in [1.82, 2.24) is 4.90 Å². The van der Waals surface area contributed by atoms with E-state index in [9.17, 15) is 0 Å². The van der Waals surface area contributed by atoms with Crippen LogP contribution < -0.4 is 0 Å². The van der Waals surface area contributed by atoms with Gasteiger partial charge in [-0.15, -0.1) is 0 Å². The fourth-order valence-electron chi connectivity index (χ4n) is 6.58. The zero-order valence-corrected chi connectivity index (χ0v) is 27.5. The smallest absolute Gasteiger partial charge is 0.123 e. The molecule has 0 radical (unpaired) electrons. The van der Waals surface area contributed by atoms with Crippen molar-refractivity contribution in [3.05, 3.63) is 131 Å². The Balaban J connectivity index is 2.09. The van der Waals surface area contributed by atoms with Crippen LogP contribution in [0.3, 0.4) is 0 Å². The van der Waals surface area contributed by atoms with Gasteiger partial charge in [-0.05, 0) is 87.8 Å². The molecule has 0 saturated carbocycles. The molecule has 3 nitrogen and oxygen atoms in total. The third kappa shape index (κ3) is 6.93. The third-order valence-corrected chi connectivity index (χ3v) is 8.85. The number of rotatable bonds is 11. The average Bonchev–Trinajstić information content (AvgIpc) is 3.02. The molecule has 0 N–H and O–H groups in total. The number of ether oxygens (including phenoxy) is 1. The van der Waals surface area contributed by atoms with Crippen LogP contribution in [0.4, 0.5) is 0 Å². The molecule has 1 aromatic rings. The van der Waals surface area contributed by atoms with Crippen LogP contribution in [-0.2, 0) is 4.74 Å². The van der Waals surface area contributed by atoms with Crippen LogP contribution in [0.2, 0.25) is 0 Å². The number of nitrogens with zero attached hydrogens (tertiary/aromatic N) is 2. The van der Waals surface area contributed by atoms with E-state index in [0.29, 0.717) is 18.4 Å². The second kappa shape index (κ2) is 14.6. The van der Waals surface area contributed by atoms with E-state index in [1.807, 2.05) is 0 Å². The molecule has 1 heterocycles. The lowest BCUT2D eigenvalue weighted by atomic mass is 9.79. The summed E-state index contributed by atoms with van der Waals surface area (Å²) in [5, 5.41) is 0. The summed E-state index contributed by atoms with van der Waals surface area (Å²) in [5.41, 5.74) is 12.1. The highest BCUT2D eigenvalue weighted by molar-refractivity contribution is 6.16. The van der Waals surface area contributed by atoms with Crippen LogP contribution in [0, 0.1) is 18.8 Å². The second-order valence-electron chi connectivity index (χ2n) is 11.8. The van der Waals surface area contributed by atoms with E-state index in [4.69, 9.17) is 9.73 Å². The Labute approximate surface area is 261 Å². The highest BCUT2D eigenvalue weighted by Crippen LogP contribution is 2.44. The molecule has 0 aromatic heterocycles. The van der Waals surface area contributed by atoms with E-state index in [-0.39, 0.29) is 6.17 Å². The van der Waals surface area contributed by atoms with Gasteiger partial charge in [0, 0.05) is 40.5 Å². The van der Waals surface area contributed by atoms with Crippen molar-refractivity contribution in [2.45, 2.75) is 86.7 Å². The van der Waals surface area contributed by atoms with Crippen molar-refractivity contribution >= 4 is 11.3 Å². The van der Waals surface area contributed by atoms with E-state index < -0.39 is 0 Å². The Hall–Kier alpha value is -3.72. The summed E-state index contributed by atoms with van der Waals surface area (Å²) in [7, 11) is 0. The van der Waals surface area contributed by atoms with Gasteiger partial charge in [-0.2, -0.15) is 0 Å². The fourth-order valence-corrected chi connectivity index (χ4v) is 6.58. The van der Waals surface area contributed by atoms with Gasteiger partial charge >= 0.3 is 0 Å². The van der Waals surface area contributed by atoms with Crippen LogP contribution in [0.25, 0.3) is 5.57 Å². The zero-order chi connectivity index (χ0) is 31.1. The molecule has 3 aliphatic rings. The Morgan fingerprint density at radius 1 is 1.16 bits per heavy atom. The summed E-state index contributed by atoms with van der Waals surface area (Å²) in [5.74, 6) is 1.57. The minimum Gasteiger partial charge on any atom is -0.494 e. The summed E-state index contributed by atoms with van der Waals surface area (Å²) in [6.07, 6.45) is 18.1. The van der Waals surface area contributed by atoms with Crippen molar-refractivity contribution < 1.29 is 4.74 Å². The first-order chi connectivity index (χ1) is 20.7. The maximum atomic E-state index is 6.35. The van der Waals surface area contributed by atoms with Crippen molar-refractivity contribution in [2.75, 3.05) is 6.61 Å². The molecule has 1 aliphatic heterocycles. The monoisotopic (exact) mass is 575 g/mol. The molecule has 3 heteroatoms. The van der Waals surface area contributed by atoms with Crippen molar-refractivity contribution in [3.8, 4) is 0 Å².